The Labute approximate surface area is 132 Å². The van der Waals surface area contributed by atoms with Crippen molar-refractivity contribution in [1.29, 1.82) is 0 Å². The van der Waals surface area contributed by atoms with E-state index in [1.807, 2.05) is 35.2 Å². The van der Waals surface area contributed by atoms with Crippen LogP contribution in [0.3, 0.4) is 0 Å². The fourth-order valence-electron chi connectivity index (χ4n) is 2.73. The number of aromatic nitrogens is 1. The second-order valence-electron chi connectivity index (χ2n) is 5.71. The Morgan fingerprint density at radius 1 is 1.17 bits per heavy atom. The van der Waals surface area contributed by atoms with Gasteiger partial charge < -0.3 is 9.32 Å². The van der Waals surface area contributed by atoms with Crippen molar-refractivity contribution in [3.05, 3.63) is 64.2 Å². The molecule has 1 heterocycles. The molecule has 116 valence electrons. The topological polar surface area (TPSA) is 72.4 Å². The lowest BCUT2D eigenvalue weighted by atomic mass is 10.1. The maximum Gasteiger partial charge on any atom is 0.298 e. The number of hydrogen-bond acceptors (Lipinski definition) is 5. The molecule has 0 radical (unpaired) electrons. The SMILES string of the molecule is O=[N+]([O-])c1ccccc1CN(c1nc2ccccc2o1)C1CC1. The summed E-state index contributed by atoms with van der Waals surface area (Å²) in [4.78, 5) is 17.4. The van der Waals surface area contributed by atoms with Gasteiger partial charge in [-0.15, -0.1) is 0 Å². The highest BCUT2D eigenvalue weighted by atomic mass is 16.6. The number of anilines is 1. The quantitative estimate of drug-likeness (QED) is 0.528. The van der Waals surface area contributed by atoms with Crippen molar-refractivity contribution in [2.45, 2.75) is 25.4 Å². The van der Waals surface area contributed by atoms with Gasteiger partial charge in [-0.2, -0.15) is 4.98 Å². The Bertz CT molecular complexity index is 837. The third-order valence-electron chi connectivity index (χ3n) is 4.04. The first kappa shape index (κ1) is 13.8. The molecular weight excluding hydrogens is 294 g/mol. The van der Waals surface area contributed by atoms with Gasteiger partial charge in [0.2, 0.25) is 0 Å². The molecule has 0 aliphatic heterocycles. The van der Waals surface area contributed by atoms with Crippen LogP contribution in [0.1, 0.15) is 18.4 Å². The molecule has 0 saturated heterocycles. The summed E-state index contributed by atoms with van der Waals surface area (Å²) >= 11 is 0. The van der Waals surface area contributed by atoms with Gasteiger partial charge in [0.05, 0.1) is 11.5 Å². The van der Waals surface area contributed by atoms with E-state index in [9.17, 15) is 10.1 Å². The van der Waals surface area contributed by atoms with Crippen LogP contribution in [-0.4, -0.2) is 15.9 Å². The number of para-hydroxylation sites is 3. The average Bonchev–Trinajstić information content (AvgIpc) is 3.30. The summed E-state index contributed by atoms with van der Waals surface area (Å²) in [5, 5.41) is 11.2. The molecule has 0 N–H and O–H groups in total. The van der Waals surface area contributed by atoms with Crippen molar-refractivity contribution in [2.24, 2.45) is 0 Å². The maximum atomic E-state index is 11.2. The van der Waals surface area contributed by atoms with Crippen LogP contribution in [0, 0.1) is 10.1 Å². The molecule has 1 aliphatic carbocycles. The number of nitro benzene ring substituents is 1. The number of hydrogen-bond donors (Lipinski definition) is 0. The van der Waals surface area contributed by atoms with Gasteiger partial charge in [0.1, 0.15) is 5.52 Å². The van der Waals surface area contributed by atoms with Gasteiger partial charge in [-0.25, -0.2) is 0 Å². The number of oxazole rings is 1. The fourth-order valence-corrected chi connectivity index (χ4v) is 2.73. The normalized spacial score (nSPS) is 14.1. The molecule has 3 aromatic rings. The summed E-state index contributed by atoms with van der Waals surface area (Å²) in [6, 6.07) is 15.3. The molecule has 4 rings (SSSR count). The van der Waals surface area contributed by atoms with Gasteiger partial charge in [-0.05, 0) is 25.0 Å². The van der Waals surface area contributed by atoms with E-state index in [-0.39, 0.29) is 10.6 Å². The van der Waals surface area contributed by atoms with Gasteiger partial charge in [0.15, 0.2) is 5.58 Å². The molecular formula is C17H15N3O3. The predicted molar refractivity (Wildman–Crippen MR) is 86.3 cm³/mol. The third kappa shape index (κ3) is 2.63. The first-order chi connectivity index (χ1) is 11.2. The van der Waals surface area contributed by atoms with Crippen LogP contribution in [0.5, 0.6) is 0 Å². The lowest BCUT2D eigenvalue weighted by Gasteiger charge is -2.19. The Balaban J connectivity index is 1.70. The van der Waals surface area contributed by atoms with Crippen molar-refractivity contribution in [1.82, 2.24) is 4.98 Å². The standard InChI is InChI=1S/C17H15N3O3/c21-20(22)15-7-3-1-5-12(15)11-19(13-9-10-13)17-18-14-6-2-4-8-16(14)23-17/h1-8,13H,9-11H2. The fraction of sp³-hybridized carbons (Fsp3) is 0.235. The molecule has 1 aromatic heterocycles. The van der Waals surface area contributed by atoms with Gasteiger partial charge in [-0.1, -0.05) is 30.3 Å². The van der Waals surface area contributed by atoms with Crippen LogP contribution in [0.15, 0.2) is 52.9 Å². The van der Waals surface area contributed by atoms with E-state index >= 15 is 0 Å². The van der Waals surface area contributed by atoms with Crippen LogP contribution in [0.25, 0.3) is 11.1 Å². The second-order valence-corrected chi connectivity index (χ2v) is 5.71. The molecule has 0 amide bonds. The zero-order valence-electron chi connectivity index (χ0n) is 12.4. The smallest absolute Gasteiger partial charge is 0.298 e. The molecule has 0 bridgehead atoms. The zero-order valence-corrected chi connectivity index (χ0v) is 12.4. The first-order valence-corrected chi connectivity index (χ1v) is 7.57. The minimum Gasteiger partial charge on any atom is -0.423 e. The number of rotatable bonds is 5. The van der Waals surface area contributed by atoms with E-state index in [1.54, 1.807) is 12.1 Å². The van der Waals surface area contributed by atoms with Crippen LogP contribution in [-0.2, 0) is 6.54 Å². The molecule has 1 saturated carbocycles. The highest BCUT2D eigenvalue weighted by molar-refractivity contribution is 5.74. The Morgan fingerprint density at radius 3 is 2.65 bits per heavy atom. The molecule has 6 nitrogen and oxygen atoms in total. The minimum absolute atomic E-state index is 0.134. The summed E-state index contributed by atoms with van der Waals surface area (Å²) in [5.74, 6) is 0. The lowest BCUT2D eigenvalue weighted by molar-refractivity contribution is -0.385. The second kappa shape index (κ2) is 5.39. The van der Waals surface area contributed by atoms with E-state index in [0.29, 0.717) is 24.2 Å². The summed E-state index contributed by atoms with van der Waals surface area (Å²) in [6.07, 6.45) is 2.11. The largest absolute Gasteiger partial charge is 0.423 e. The number of benzene rings is 2. The van der Waals surface area contributed by atoms with E-state index in [0.717, 1.165) is 23.9 Å². The van der Waals surface area contributed by atoms with Crippen molar-refractivity contribution in [2.75, 3.05) is 4.90 Å². The highest BCUT2D eigenvalue weighted by Gasteiger charge is 2.33. The van der Waals surface area contributed by atoms with Crippen LogP contribution in [0.4, 0.5) is 11.7 Å². The van der Waals surface area contributed by atoms with Crippen LogP contribution in [0.2, 0.25) is 0 Å². The highest BCUT2D eigenvalue weighted by Crippen LogP contribution is 2.35. The Hall–Kier alpha value is -2.89. The van der Waals surface area contributed by atoms with Gasteiger partial charge in [0.25, 0.3) is 11.7 Å². The lowest BCUT2D eigenvalue weighted by Crippen LogP contribution is -2.25. The molecule has 6 heteroatoms. The molecule has 1 fully saturated rings. The maximum absolute atomic E-state index is 11.2. The minimum atomic E-state index is -0.341. The predicted octanol–water partition coefficient (Wildman–Crippen LogP) is 3.91. The van der Waals surface area contributed by atoms with Crippen molar-refractivity contribution in [3.63, 3.8) is 0 Å². The monoisotopic (exact) mass is 309 g/mol. The Morgan fingerprint density at radius 2 is 1.91 bits per heavy atom. The average molecular weight is 309 g/mol. The summed E-state index contributed by atoms with van der Waals surface area (Å²) < 4.78 is 5.85. The van der Waals surface area contributed by atoms with E-state index in [4.69, 9.17) is 4.42 Å². The third-order valence-corrected chi connectivity index (χ3v) is 4.04. The summed E-state index contributed by atoms with van der Waals surface area (Å²) in [5.41, 5.74) is 2.34. The van der Waals surface area contributed by atoms with Crippen molar-refractivity contribution < 1.29 is 9.34 Å². The number of nitro groups is 1. The van der Waals surface area contributed by atoms with E-state index < -0.39 is 0 Å². The molecule has 0 unspecified atom stereocenters. The molecule has 2 aromatic carbocycles. The van der Waals surface area contributed by atoms with Crippen LogP contribution >= 0.6 is 0 Å². The van der Waals surface area contributed by atoms with Gasteiger partial charge in [0, 0.05) is 17.7 Å². The molecule has 0 spiro atoms. The van der Waals surface area contributed by atoms with E-state index in [1.165, 1.54) is 6.07 Å². The van der Waals surface area contributed by atoms with Crippen LogP contribution < -0.4 is 4.90 Å². The molecule has 1 aliphatic rings. The summed E-state index contributed by atoms with van der Waals surface area (Å²) in [6.45, 7) is 0.425. The molecule has 23 heavy (non-hydrogen) atoms. The van der Waals surface area contributed by atoms with Gasteiger partial charge in [-0.3, -0.25) is 10.1 Å². The number of nitrogens with zero attached hydrogens (tertiary/aromatic N) is 3. The number of fused-ring (bicyclic) bond motifs is 1. The van der Waals surface area contributed by atoms with Gasteiger partial charge >= 0.3 is 0 Å². The van der Waals surface area contributed by atoms with Crippen molar-refractivity contribution in [3.8, 4) is 0 Å². The summed E-state index contributed by atoms with van der Waals surface area (Å²) in [7, 11) is 0. The first-order valence-electron chi connectivity index (χ1n) is 7.57. The van der Waals surface area contributed by atoms with E-state index in [2.05, 4.69) is 4.98 Å². The zero-order chi connectivity index (χ0) is 15.8. The molecule has 0 atom stereocenters. The van der Waals surface area contributed by atoms with Crippen molar-refractivity contribution >= 4 is 22.8 Å². The Kier molecular flexibility index (Phi) is 3.22.